The smallest absolute Gasteiger partial charge is 0.436 e. The Morgan fingerprint density at radius 3 is 2.17 bits per heavy atom. The van der Waals surface area contributed by atoms with E-state index in [1.165, 1.54) is 9.80 Å². The number of hydrogen-bond donors (Lipinski definition) is 2. The second kappa shape index (κ2) is 15.8. The molecule has 0 aromatic heterocycles. The van der Waals surface area contributed by atoms with E-state index in [9.17, 15) is 24.3 Å². The molecule has 0 aliphatic carbocycles. The number of amides is 4. The van der Waals surface area contributed by atoms with Crippen LogP contribution in [0.2, 0.25) is 0 Å². The van der Waals surface area contributed by atoms with Crippen LogP contribution in [0.1, 0.15) is 43.9 Å². The standard InChI is InChI=1S/C37H44N4O7/c1-25(2)22-31(34(43)38-20-18-27-10-6-4-7-11-27)39-24-33-40(26(3)35(39)44)36(45)32(23-29-12-8-5-9-13-29)48-41(33)37(46)47-21-19-28-14-16-30(42)17-15-28/h4-17,25-26,31-33,42H,18-24H2,1-3H3,(H,38,43)/t26-,31-,32+,33?/m0/s1. The molecule has 2 heterocycles. The molecule has 4 amide bonds. The average molecular weight is 657 g/mol. The maximum atomic E-state index is 14.0. The summed E-state index contributed by atoms with van der Waals surface area (Å²) in [5, 5.41) is 13.6. The lowest BCUT2D eigenvalue weighted by Crippen LogP contribution is -2.74. The van der Waals surface area contributed by atoms with Crippen molar-refractivity contribution in [1.82, 2.24) is 20.2 Å². The zero-order valence-corrected chi connectivity index (χ0v) is 27.7. The van der Waals surface area contributed by atoms with Gasteiger partial charge in [-0.2, -0.15) is 5.06 Å². The van der Waals surface area contributed by atoms with Gasteiger partial charge in [0.1, 0.15) is 17.8 Å². The Balaban J connectivity index is 1.36. The molecule has 3 aromatic rings. The van der Waals surface area contributed by atoms with Crippen LogP contribution in [0.15, 0.2) is 84.9 Å². The predicted molar refractivity (Wildman–Crippen MR) is 178 cm³/mol. The van der Waals surface area contributed by atoms with E-state index in [0.717, 1.165) is 21.8 Å². The molecule has 5 rings (SSSR count). The van der Waals surface area contributed by atoms with Crippen LogP contribution in [0.3, 0.4) is 0 Å². The SMILES string of the molecule is CC(C)C[C@@H](C(=O)NCCc1ccccc1)N1CC2N(C(=O)OCCc3ccc(O)cc3)O[C@H](Cc3ccccc3)C(=O)N2[C@@H](C)C1=O. The van der Waals surface area contributed by atoms with Gasteiger partial charge in [0.2, 0.25) is 11.8 Å². The van der Waals surface area contributed by atoms with Gasteiger partial charge in [-0.05, 0) is 54.5 Å². The summed E-state index contributed by atoms with van der Waals surface area (Å²) in [6.45, 7) is 5.88. The number of nitrogens with one attached hydrogen (secondary N) is 1. The highest BCUT2D eigenvalue weighted by molar-refractivity contribution is 5.94. The van der Waals surface area contributed by atoms with Crippen LogP contribution in [-0.2, 0) is 43.2 Å². The van der Waals surface area contributed by atoms with E-state index >= 15 is 0 Å². The Kier molecular flexibility index (Phi) is 11.3. The summed E-state index contributed by atoms with van der Waals surface area (Å²) in [7, 11) is 0. The third kappa shape index (κ3) is 8.32. The summed E-state index contributed by atoms with van der Waals surface area (Å²) in [4.78, 5) is 64.3. The van der Waals surface area contributed by atoms with Crippen molar-refractivity contribution in [2.24, 2.45) is 5.92 Å². The van der Waals surface area contributed by atoms with Crippen molar-refractivity contribution >= 4 is 23.8 Å². The number of carbonyl (C=O) groups excluding carboxylic acids is 4. The third-order valence-corrected chi connectivity index (χ3v) is 8.71. The minimum atomic E-state index is -1.07. The quantitative estimate of drug-likeness (QED) is 0.301. The number of rotatable bonds is 12. The van der Waals surface area contributed by atoms with Crippen LogP contribution in [0, 0.1) is 5.92 Å². The molecule has 2 aliphatic rings. The molecule has 2 fully saturated rings. The number of carbonyl (C=O) groups is 4. The minimum absolute atomic E-state index is 0.0193. The summed E-state index contributed by atoms with van der Waals surface area (Å²) < 4.78 is 5.64. The number of phenols is 1. The zero-order valence-electron chi connectivity index (χ0n) is 27.7. The number of ether oxygens (including phenoxy) is 1. The number of phenolic OH excluding ortho intramolecular Hbond substituents is 1. The van der Waals surface area contributed by atoms with Gasteiger partial charge < -0.3 is 25.0 Å². The number of hydroxylamine groups is 2. The third-order valence-electron chi connectivity index (χ3n) is 8.71. The largest absolute Gasteiger partial charge is 0.508 e. The number of aromatic hydroxyl groups is 1. The number of nitrogens with zero attached hydrogens (tertiary/aromatic N) is 3. The van der Waals surface area contributed by atoms with Crippen molar-refractivity contribution < 1.29 is 33.9 Å². The molecule has 0 saturated carbocycles. The molecule has 2 saturated heterocycles. The van der Waals surface area contributed by atoms with Crippen molar-refractivity contribution in [1.29, 1.82) is 0 Å². The Morgan fingerprint density at radius 1 is 0.896 bits per heavy atom. The van der Waals surface area contributed by atoms with Crippen LogP contribution in [-0.4, -0.2) is 87.8 Å². The number of benzene rings is 3. The van der Waals surface area contributed by atoms with Gasteiger partial charge in [0, 0.05) is 19.4 Å². The molecule has 48 heavy (non-hydrogen) atoms. The van der Waals surface area contributed by atoms with E-state index in [2.05, 4.69) is 5.32 Å². The second-order valence-corrected chi connectivity index (χ2v) is 12.7. The van der Waals surface area contributed by atoms with Gasteiger partial charge in [0.25, 0.3) is 5.91 Å². The van der Waals surface area contributed by atoms with Crippen LogP contribution < -0.4 is 5.32 Å². The number of fused-ring (bicyclic) bond motifs is 1. The van der Waals surface area contributed by atoms with E-state index in [4.69, 9.17) is 9.57 Å². The van der Waals surface area contributed by atoms with Gasteiger partial charge in [0.05, 0.1) is 13.2 Å². The summed E-state index contributed by atoms with van der Waals surface area (Å²) in [6.07, 6.45) is -1.27. The van der Waals surface area contributed by atoms with Gasteiger partial charge >= 0.3 is 6.09 Å². The topological polar surface area (TPSA) is 129 Å². The highest BCUT2D eigenvalue weighted by Gasteiger charge is 2.53. The normalized spacial score (nSPS) is 20.0. The summed E-state index contributed by atoms with van der Waals surface area (Å²) in [6, 6.07) is 23.9. The predicted octanol–water partition coefficient (Wildman–Crippen LogP) is 4.09. The lowest BCUT2D eigenvalue weighted by atomic mass is 9.97. The van der Waals surface area contributed by atoms with E-state index in [1.807, 2.05) is 74.5 Å². The molecule has 254 valence electrons. The summed E-state index contributed by atoms with van der Waals surface area (Å²) >= 11 is 0. The fourth-order valence-electron chi connectivity index (χ4n) is 6.21. The van der Waals surface area contributed by atoms with Gasteiger partial charge in [-0.3, -0.25) is 19.2 Å². The lowest BCUT2D eigenvalue weighted by molar-refractivity contribution is -0.266. The Labute approximate surface area is 281 Å². The first kappa shape index (κ1) is 34.4. The Bertz CT molecular complexity index is 1550. The molecule has 0 spiro atoms. The van der Waals surface area contributed by atoms with Crippen molar-refractivity contribution in [2.45, 2.75) is 70.8 Å². The summed E-state index contributed by atoms with van der Waals surface area (Å²) in [5.41, 5.74) is 2.77. The van der Waals surface area contributed by atoms with E-state index in [-0.39, 0.29) is 43.1 Å². The van der Waals surface area contributed by atoms with Crippen molar-refractivity contribution in [2.75, 3.05) is 19.7 Å². The van der Waals surface area contributed by atoms with Crippen LogP contribution in [0.5, 0.6) is 5.75 Å². The molecule has 1 unspecified atom stereocenters. The first-order valence-corrected chi connectivity index (χ1v) is 16.5. The minimum Gasteiger partial charge on any atom is -0.508 e. The maximum Gasteiger partial charge on any atom is 0.436 e. The number of hydrogen-bond acceptors (Lipinski definition) is 7. The fraction of sp³-hybridized carbons (Fsp3) is 0.405. The Hall–Kier alpha value is -4.90. The van der Waals surface area contributed by atoms with Crippen molar-refractivity contribution in [3.63, 3.8) is 0 Å². The maximum absolute atomic E-state index is 14.0. The highest BCUT2D eigenvalue weighted by Crippen LogP contribution is 2.31. The molecule has 0 bridgehead atoms. The van der Waals surface area contributed by atoms with E-state index in [1.54, 1.807) is 31.2 Å². The van der Waals surface area contributed by atoms with Crippen LogP contribution in [0.4, 0.5) is 4.79 Å². The van der Waals surface area contributed by atoms with Crippen LogP contribution >= 0.6 is 0 Å². The molecule has 4 atom stereocenters. The molecule has 0 radical (unpaired) electrons. The molecule has 3 aromatic carbocycles. The van der Waals surface area contributed by atoms with Crippen molar-refractivity contribution in [3.05, 3.63) is 102 Å². The zero-order chi connectivity index (χ0) is 34.2. The van der Waals surface area contributed by atoms with Crippen LogP contribution in [0.25, 0.3) is 0 Å². The average Bonchev–Trinajstić information content (AvgIpc) is 3.08. The first-order chi connectivity index (χ1) is 23.1. The second-order valence-electron chi connectivity index (χ2n) is 12.7. The first-order valence-electron chi connectivity index (χ1n) is 16.5. The molecular weight excluding hydrogens is 612 g/mol. The van der Waals surface area contributed by atoms with E-state index in [0.29, 0.717) is 25.8 Å². The van der Waals surface area contributed by atoms with E-state index < -0.39 is 36.4 Å². The molecule has 2 N–H and O–H groups in total. The molecule has 2 aliphatic heterocycles. The molecular formula is C37H44N4O7. The van der Waals surface area contributed by atoms with Gasteiger partial charge in [-0.15, -0.1) is 0 Å². The molecule has 11 nitrogen and oxygen atoms in total. The van der Waals surface area contributed by atoms with Gasteiger partial charge in [-0.25, -0.2) is 4.79 Å². The van der Waals surface area contributed by atoms with Gasteiger partial charge in [-0.1, -0.05) is 86.6 Å². The monoisotopic (exact) mass is 656 g/mol. The fourth-order valence-corrected chi connectivity index (χ4v) is 6.21. The van der Waals surface area contributed by atoms with Crippen molar-refractivity contribution in [3.8, 4) is 5.75 Å². The summed E-state index contributed by atoms with van der Waals surface area (Å²) in [5.74, 6) is -0.856. The molecule has 11 heteroatoms. The Morgan fingerprint density at radius 2 is 1.52 bits per heavy atom. The lowest BCUT2D eigenvalue weighted by Gasteiger charge is -2.53. The van der Waals surface area contributed by atoms with Gasteiger partial charge in [0.15, 0.2) is 12.3 Å². The number of piperazine rings is 1. The highest BCUT2D eigenvalue weighted by atomic mass is 16.7.